The van der Waals surface area contributed by atoms with Crippen LogP contribution >= 0.6 is 0 Å². The molecule has 216 valence electrons. The van der Waals surface area contributed by atoms with E-state index < -0.39 is 0 Å². The number of nitrogens with two attached hydrogens (primary N) is 1. The number of ether oxygens (including phenoxy) is 2. The number of imidazole rings is 1. The molecule has 8 heteroatoms. The predicted molar refractivity (Wildman–Crippen MR) is 161 cm³/mol. The molecule has 1 atom stereocenters. The van der Waals surface area contributed by atoms with Crippen molar-refractivity contribution in [3.8, 4) is 17.3 Å². The van der Waals surface area contributed by atoms with E-state index in [0.717, 1.165) is 74.5 Å². The highest BCUT2D eigenvalue weighted by atomic mass is 16.5. The number of aromatic nitrogens is 3. The fraction of sp³-hybridized carbons (Fsp3) is 0.515. The zero-order valence-electron chi connectivity index (χ0n) is 24.3. The van der Waals surface area contributed by atoms with Crippen LogP contribution in [0.3, 0.4) is 0 Å². The van der Waals surface area contributed by atoms with Gasteiger partial charge in [0.25, 0.3) is 5.91 Å². The molecule has 0 bridgehead atoms. The fourth-order valence-electron chi connectivity index (χ4n) is 7.07. The van der Waals surface area contributed by atoms with Gasteiger partial charge in [-0.15, -0.1) is 0 Å². The minimum Gasteiger partial charge on any atom is -0.494 e. The van der Waals surface area contributed by atoms with Crippen LogP contribution in [0.2, 0.25) is 0 Å². The molecule has 1 saturated carbocycles. The average molecular weight is 556 g/mol. The molecule has 1 amide bonds. The molecule has 1 aliphatic carbocycles. The molecule has 2 aromatic heterocycles. The summed E-state index contributed by atoms with van der Waals surface area (Å²) in [6, 6.07) is 12.9. The maximum atomic E-state index is 13.6. The fourth-order valence-corrected chi connectivity index (χ4v) is 7.07. The van der Waals surface area contributed by atoms with Crippen molar-refractivity contribution < 1.29 is 14.3 Å². The zero-order chi connectivity index (χ0) is 28.1. The van der Waals surface area contributed by atoms with Gasteiger partial charge < -0.3 is 29.2 Å². The quantitative estimate of drug-likeness (QED) is 0.334. The van der Waals surface area contributed by atoms with Gasteiger partial charge in [-0.3, -0.25) is 4.79 Å². The topological polar surface area (TPSA) is 87.5 Å². The molecule has 41 heavy (non-hydrogen) atoms. The third kappa shape index (κ3) is 4.81. The van der Waals surface area contributed by atoms with Crippen molar-refractivity contribution >= 4 is 27.8 Å². The smallest absolute Gasteiger partial charge is 0.254 e. The number of likely N-dealkylation sites (tertiary alicyclic amines) is 1. The molecule has 2 aromatic carbocycles. The number of para-hydroxylation sites is 1. The first-order valence-electron chi connectivity index (χ1n) is 15.3. The van der Waals surface area contributed by atoms with E-state index in [1.54, 1.807) is 7.11 Å². The molecule has 7 rings (SSSR count). The van der Waals surface area contributed by atoms with Crippen molar-refractivity contribution in [1.82, 2.24) is 19.0 Å². The van der Waals surface area contributed by atoms with E-state index in [0.29, 0.717) is 42.2 Å². The molecule has 2 N–H and O–H groups in total. The lowest BCUT2D eigenvalue weighted by Crippen LogP contribution is -2.42. The van der Waals surface area contributed by atoms with Gasteiger partial charge in [-0.25, -0.2) is 4.98 Å². The summed E-state index contributed by atoms with van der Waals surface area (Å²) >= 11 is 0. The summed E-state index contributed by atoms with van der Waals surface area (Å²) in [5.74, 6) is 3.18. The summed E-state index contributed by atoms with van der Waals surface area (Å²) in [5.41, 5.74) is 12.2. The van der Waals surface area contributed by atoms with Crippen LogP contribution in [0.5, 0.6) is 5.75 Å². The summed E-state index contributed by atoms with van der Waals surface area (Å²) in [6.07, 6.45) is 6.75. The third-order valence-electron chi connectivity index (χ3n) is 9.52. The van der Waals surface area contributed by atoms with Gasteiger partial charge in [0.15, 0.2) is 5.82 Å². The van der Waals surface area contributed by atoms with Crippen LogP contribution in [-0.4, -0.2) is 64.9 Å². The lowest BCUT2D eigenvalue weighted by atomic mass is 9.90. The van der Waals surface area contributed by atoms with Gasteiger partial charge in [-0.2, -0.15) is 0 Å². The normalized spacial score (nSPS) is 20.3. The number of aryl methyl sites for hydroxylation is 1. The predicted octanol–water partition coefficient (Wildman–Crippen LogP) is 5.32. The number of hydrogen-bond acceptors (Lipinski definition) is 5. The second-order valence-electron chi connectivity index (χ2n) is 12.3. The first-order valence-corrected chi connectivity index (χ1v) is 15.3. The van der Waals surface area contributed by atoms with Gasteiger partial charge in [-0.1, -0.05) is 18.2 Å². The number of rotatable bonds is 7. The highest BCUT2D eigenvalue weighted by Gasteiger charge is 2.29. The summed E-state index contributed by atoms with van der Waals surface area (Å²) in [7, 11) is 3.73. The Morgan fingerprint density at radius 1 is 1.07 bits per heavy atom. The molecule has 3 aliphatic rings. The number of hydrogen-bond donors (Lipinski definition) is 1. The summed E-state index contributed by atoms with van der Waals surface area (Å²) < 4.78 is 16.2. The van der Waals surface area contributed by atoms with Gasteiger partial charge in [-0.05, 0) is 86.6 Å². The Morgan fingerprint density at radius 2 is 1.90 bits per heavy atom. The van der Waals surface area contributed by atoms with E-state index in [9.17, 15) is 4.79 Å². The third-order valence-corrected chi connectivity index (χ3v) is 9.52. The molecule has 8 nitrogen and oxygen atoms in total. The molecular weight excluding hydrogens is 514 g/mol. The maximum absolute atomic E-state index is 13.6. The minimum absolute atomic E-state index is 0.0273. The van der Waals surface area contributed by atoms with Crippen LogP contribution in [0.15, 0.2) is 36.4 Å². The Bertz CT molecular complexity index is 1590. The first kappa shape index (κ1) is 26.5. The van der Waals surface area contributed by atoms with Crippen molar-refractivity contribution in [2.45, 2.75) is 51.0 Å². The number of amides is 1. The number of carbonyl (C=O) groups excluding carboxylic acids is 1. The molecule has 0 unspecified atom stereocenters. The Kier molecular flexibility index (Phi) is 6.99. The Balaban J connectivity index is 1.34. The van der Waals surface area contributed by atoms with Crippen molar-refractivity contribution in [2.24, 2.45) is 24.6 Å². The number of carbonyl (C=O) groups is 1. The Labute approximate surface area is 241 Å². The largest absolute Gasteiger partial charge is 0.494 e. The monoisotopic (exact) mass is 555 g/mol. The first-order chi connectivity index (χ1) is 20.1. The van der Waals surface area contributed by atoms with Crippen LogP contribution in [0.1, 0.15) is 60.4 Å². The van der Waals surface area contributed by atoms with Gasteiger partial charge in [0.1, 0.15) is 11.3 Å². The number of methoxy groups -OCH3 is 1. The molecule has 3 fully saturated rings. The van der Waals surface area contributed by atoms with Crippen molar-refractivity contribution in [2.75, 3.05) is 40.0 Å². The van der Waals surface area contributed by atoms with Gasteiger partial charge in [0.05, 0.1) is 23.8 Å². The summed E-state index contributed by atoms with van der Waals surface area (Å²) in [5, 5.41) is 1.26. The van der Waals surface area contributed by atoms with Crippen molar-refractivity contribution in [1.29, 1.82) is 0 Å². The molecule has 0 radical (unpaired) electrons. The van der Waals surface area contributed by atoms with Crippen molar-refractivity contribution in [3.63, 3.8) is 0 Å². The highest BCUT2D eigenvalue weighted by Crippen LogP contribution is 2.41. The van der Waals surface area contributed by atoms with Gasteiger partial charge in [0.2, 0.25) is 0 Å². The van der Waals surface area contributed by atoms with Crippen LogP contribution < -0.4 is 10.5 Å². The maximum Gasteiger partial charge on any atom is 0.254 e. The van der Waals surface area contributed by atoms with E-state index in [1.165, 1.54) is 29.3 Å². The number of piperidine rings is 1. The standard InChI is InChI=1S/C33H41N5O3/c1-36-31-27(15-25(17-29(31)40-2)33(39)37-12-4-5-22(18-34)19-37)35-32(36)28-16-24-6-3-7-26(23-10-13-41-14-11-23)30(24)38(28)20-21-8-9-21/h3,6-7,15-17,21-23H,4-5,8-14,18-20,34H2,1-2H3/t22-/m0/s1. The number of nitrogens with zero attached hydrogens (tertiary/aromatic N) is 4. The van der Waals surface area contributed by atoms with Crippen LogP contribution in [0.25, 0.3) is 33.5 Å². The number of fused-ring (bicyclic) bond motifs is 2. The van der Waals surface area contributed by atoms with E-state index >= 15 is 0 Å². The van der Waals surface area contributed by atoms with Crippen LogP contribution in [0.4, 0.5) is 0 Å². The second-order valence-corrected chi connectivity index (χ2v) is 12.3. The summed E-state index contributed by atoms with van der Waals surface area (Å²) in [6.45, 7) is 4.74. The molecule has 0 spiro atoms. The van der Waals surface area contributed by atoms with Crippen LogP contribution in [-0.2, 0) is 18.3 Å². The van der Waals surface area contributed by atoms with E-state index in [2.05, 4.69) is 40.4 Å². The van der Waals surface area contributed by atoms with Gasteiger partial charge >= 0.3 is 0 Å². The van der Waals surface area contributed by atoms with Crippen molar-refractivity contribution in [3.05, 3.63) is 47.5 Å². The van der Waals surface area contributed by atoms with E-state index in [1.807, 2.05) is 17.0 Å². The lowest BCUT2D eigenvalue weighted by Gasteiger charge is -2.32. The van der Waals surface area contributed by atoms with Crippen LogP contribution in [0, 0.1) is 11.8 Å². The second kappa shape index (κ2) is 10.8. The Morgan fingerprint density at radius 3 is 2.66 bits per heavy atom. The number of benzene rings is 2. The molecule has 2 saturated heterocycles. The molecule has 2 aliphatic heterocycles. The highest BCUT2D eigenvalue weighted by molar-refractivity contribution is 6.00. The lowest BCUT2D eigenvalue weighted by molar-refractivity contribution is 0.0678. The average Bonchev–Trinajstić information content (AvgIpc) is 3.68. The molecule has 4 aromatic rings. The van der Waals surface area contributed by atoms with Gasteiger partial charge in [0, 0.05) is 50.8 Å². The Hall–Kier alpha value is -3.36. The minimum atomic E-state index is 0.0273. The van der Waals surface area contributed by atoms with E-state index in [-0.39, 0.29) is 5.91 Å². The van der Waals surface area contributed by atoms with E-state index in [4.69, 9.17) is 20.2 Å². The molecular formula is C33H41N5O3. The zero-order valence-corrected chi connectivity index (χ0v) is 24.3. The SMILES string of the molecule is COc1cc(C(=O)N2CCC[C@@H](CN)C2)cc2nc(-c3cc4cccc(C5CCOCC5)c4n3CC3CC3)n(C)c12. The molecule has 4 heterocycles. The summed E-state index contributed by atoms with van der Waals surface area (Å²) in [4.78, 5) is 20.7.